The summed E-state index contributed by atoms with van der Waals surface area (Å²) in [6.07, 6.45) is 1.87. The zero-order valence-electron chi connectivity index (χ0n) is 17.9. The van der Waals surface area contributed by atoms with Gasteiger partial charge in [-0.15, -0.1) is 0 Å². The molecule has 4 rings (SSSR count). The van der Waals surface area contributed by atoms with Crippen LogP contribution in [0.4, 0.5) is 0 Å². The molecule has 0 saturated carbocycles. The molecule has 0 radical (unpaired) electrons. The van der Waals surface area contributed by atoms with Crippen molar-refractivity contribution in [1.29, 1.82) is 0 Å². The highest BCUT2D eigenvalue weighted by atomic mass is 32.2. The van der Waals surface area contributed by atoms with E-state index in [1.807, 2.05) is 54.6 Å². The first-order chi connectivity index (χ1) is 15.5. The van der Waals surface area contributed by atoms with Crippen LogP contribution < -0.4 is 9.47 Å². The van der Waals surface area contributed by atoms with Gasteiger partial charge in [0.1, 0.15) is 22.4 Å². The SMILES string of the molecule is COc1ccc(CN2C(=O)/C(=C\c3ccc(OCc4ccc(C)cc4)cc3)SC2=S)cc1. The molecular formula is C26H23NO3S2. The van der Waals surface area contributed by atoms with Gasteiger partial charge in [0.2, 0.25) is 0 Å². The van der Waals surface area contributed by atoms with Crippen molar-refractivity contribution in [2.24, 2.45) is 0 Å². The van der Waals surface area contributed by atoms with Gasteiger partial charge in [-0.1, -0.05) is 78.1 Å². The van der Waals surface area contributed by atoms with E-state index in [1.165, 1.54) is 17.3 Å². The van der Waals surface area contributed by atoms with Gasteiger partial charge in [0.15, 0.2) is 0 Å². The van der Waals surface area contributed by atoms with Crippen LogP contribution in [0.1, 0.15) is 22.3 Å². The quantitative estimate of drug-likeness (QED) is 0.319. The highest BCUT2D eigenvalue weighted by molar-refractivity contribution is 8.26. The molecule has 4 nitrogen and oxygen atoms in total. The molecule has 1 fully saturated rings. The summed E-state index contributed by atoms with van der Waals surface area (Å²) in [5.74, 6) is 1.50. The molecular weight excluding hydrogens is 438 g/mol. The number of benzene rings is 3. The molecule has 1 aliphatic heterocycles. The van der Waals surface area contributed by atoms with E-state index in [0.717, 1.165) is 28.2 Å². The highest BCUT2D eigenvalue weighted by Crippen LogP contribution is 2.34. The van der Waals surface area contributed by atoms with E-state index in [1.54, 1.807) is 12.0 Å². The van der Waals surface area contributed by atoms with Crippen molar-refractivity contribution in [1.82, 2.24) is 4.90 Å². The molecule has 0 N–H and O–H groups in total. The van der Waals surface area contributed by atoms with Gasteiger partial charge in [-0.3, -0.25) is 9.69 Å². The number of amides is 1. The van der Waals surface area contributed by atoms with Gasteiger partial charge < -0.3 is 9.47 Å². The van der Waals surface area contributed by atoms with Crippen LogP contribution in [-0.4, -0.2) is 22.2 Å². The molecule has 3 aromatic carbocycles. The molecule has 0 atom stereocenters. The molecule has 1 amide bonds. The summed E-state index contributed by atoms with van der Waals surface area (Å²) in [6, 6.07) is 23.6. The Kier molecular flexibility index (Phi) is 6.93. The van der Waals surface area contributed by atoms with Crippen molar-refractivity contribution >= 4 is 40.3 Å². The lowest BCUT2D eigenvalue weighted by Crippen LogP contribution is -2.27. The van der Waals surface area contributed by atoms with Gasteiger partial charge in [-0.2, -0.15) is 0 Å². The molecule has 0 spiro atoms. The van der Waals surface area contributed by atoms with Crippen LogP contribution >= 0.6 is 24.0 Å². The van der Waals surface area contributed by atoms with Gasteiger partial charge in [-0.05, 0) is 54.0 Å². The van der Waals surface area contributed by atoms with Gasteiger partial charge in [0, 0.05) is 0 Å². The maximum atomic E-state index is 12.9. The molecule has 162 valence electrons. The summed E-state index contributed by atoms with van der Waals surface area (Å²) in [7, 11) is 1.63. The van der Waals surface area contributed by atoms with E-state index in [2.05, 4.69) is 31.2 Å². The number of thiocarbonyl (C=S) groups is 1. The second-order valence-electron chi connectivity index (χ2n) is 7.46. The second-order valence-corrected chi connectivity index (χ2v) is 9.14. The van der Waals surface area contributed by atoms with Gasteiger partial charge in [0.05, 0.1) is 18.6 Å². The van der Waals surface area contributed by atoms with Crippen LogP contribution in [0.25, 0.3) is 6.08 Å². The fourth-order valence-electron chi connectivity index (χ4n) is 3.21. The maximum Gasteiger partial charge on any atom is 0.266 e. The number of hydrogen-bond donors (Lipinski definition) is 0. The van der Waals surface area contributed by atoms with Crippen molar-refractivity contribution in [2.75, 3.05) is 7.11 Å². The Morgan fingerprint density at radius 1 is 0.906 bits per heavy atom. The largest absolute Gasteiger partial charge is 0.497 e. The molecule has 0 aromatic heterocycles. The van der Waals surface area contributed by atoms with Crippen molar-refractivity contribution in [2.45, 2.75) is 20.1 Å². The number of carbonyl (C=O) groups excluding carboxylic acids is 1. The summed E-state index contributed by atoms with van der Waals surface area (Å²) >= 11 is 6.78. The maximum absolute atomic E-state index is 12.9. The highest BCUT2D eigenvalue weighted by Gasteiger charge is 2.31. The fraction of sp³-hybridized carbons (Fsp3) is 0.154. The predicted octanol–water partition coefficient (Wildman–Crippen LogP) is 5.98. The Balaban J connectivity index is 1.39. The molecule has 0 unspecified atom stereocenters. The van der Waals surface area contributed by atoms with Gasteiger partial charge in [-0.25, -0.2) is 0 Å². The second kappa shape index (κ2) is 10.0. The van der Waals surface area contributed by atoms with Crippen molar-refractivity contribution in [3.8, 4) is 11.5 Å². The number of methoxy groups -OCH3 is 1. The fourth-order valence-corrected chi connectivity index (χ4v) is 4.47. The zero-order chi connectivity index (χ0) is 22.5. The summed E-state index contributed by atoms with van der Waals surface area (Å²) in [4.78, 5) is 15.2. The molecule has 0 aliphatic carbocycles. The number of rotatable bonds is 7. The zero-order valence-corrected chi connectivity index (χ0v) is 19.5. The minimum Gasteiger partial charge on any atom is -0.497 e. The summed E-state index contributed by atoms with van der Waals surface area (Å²) < 4.78 is 11.6. The topological polar surface area (TPSA) is 38.8 Å². The third kappa shape index (κ3) is 5.39. The Hall–Kier alpha value is -3.09. The normalized spacial score (nSPS) is 14.8. The number of nitrogens with zero attached hydrogens (tertiary/aromatic N) is 1. The van der Waals surface area contributed by atoms with Crippen LogP contribution in [0.2, 0.25) is 0 Å². The molecule has 6 heteroatoms. The van der Waals surface area contributed by atoms with Crippen LogP contribution in [0.15, 0.2) is 77.7 Å². The first kappa shape index (κ1) is 22.1. The third-order valence-electron chi connectivity index (χ3n) is 5.08. The first-order valence-electron chi connectivity index (χ1n) is 10.2. The van der Waals surface area contributed by atoms with E-state index < -0.39 is 0 Å². The number of hydrogen-bond acceptors (Lipinski definition) is 5. The molecule has 3 aromatic rings. The monoisotopic (exact) mass is 461 g/mol. The molecule has 1 saturated heterocycles. The van der Waals surface area contributed by atoms with E-state index in [9.17, 15) is 4.79 Å². The Bertz CT molecular complexity index is 1140. The number of thioether (sulfide) groups is 1. The average molecular weight is 462 g/mol. The van der Waals surface area contributed by atoms with Crippen LogP contribution in [0.3, 0.4) is 0 Å². The minimum absolute atomic E-state index is 0.0736. The summed E-state index contributed by atoms with van der Waals surface area (Å²) in [6.45, 7) is 3.03. The number of ether oxygens (including phenoxy) is 2. The van der Waals surface area contributed by atoms with Crippen molar-refractivity contribution in [3.63, 3.8) is 0 Å². The van der Waals surface area contributed by atoms with E-state index in [-0.39, 0.29) is 5.91 Å². The molecule has 1 aliphatic rings. The van der Waals surface area contributed by atoms with E-state index >= 15 is 0 Å². The van der Waals surface area contributed by atoms with Crippen LogP contribution in [0.5, 0.6) is 11.5 Å². The van der Waals surface area contributed by atoms with Gasteiger partial charge >= 0.3 is 0 Å². The minimum atomic E-state index is -0.0736. The van der Waals surface area contributed by atoms with Crippen LogP contribution in [0, 0.1) is 6.92 Å². The molecule has 0 bridgehead atoms. The Morgan fingerprint density at radius 2 is 1.53 bits per heavy atom. The predicted molar refractivity (Wildman–Crippen MR) is 134 cm³/mol. The Labute approximate surface area is 197 Å². The average Bonchev–Trinajstić information content (AvgIpc) is 3.07. The summed E-state index contributed by atoms with van der Waals surface area (Å²) in [5.41, 5.74) is 4.28. The molecule has 32 heavy (non-hydrogen) atoms. The lowest BCUT2D eigenvalue weighted by Gasteiger charge is -2.14. The number of aryl methyl sites for hydroxylation is 1. The lowest BCUT2D eigenvalue weighted by molar-refractivity contribution is -0.122. The smallest absolute Gasteiger partial charge is 0.266 e. The standard InChI is InChI=1S/C26H23NO3S2/c1-18-3-5-21(6-4-18)17-30-23-13-7-19(8-14-23)15-24-25(28)27(26(31)32-24)16-20-9-11-22(29-2)12-10-20/h3-15H,16-17H2,1-2H3/b24-15+. The van der Waals surface area contributed by atoms with Crippen LogP contribution in [-0.2, 0) is 17.9 Å². The van der Waals surface area contributed by atoms with Crippen molar-refractivity contribution < 1.29 is 14.3 Å². The third-order valence-corrected chi connectivity index (χ3v) is 6.46. The van der Waals surface area contributed by atoms with E-state index in [4.69, 9.17) is 21.7 Å². The van der Waals surface area contributed by atoms with E-state index in [0.29, 0.717) is 22.4 Å². The lowest BCUT2D eigenvalue weighted by atomic mass is 10.1. The Morgan fingerprint density at radius 3 is 2.19 bits per heavy atom. The molecule has 1 heterocycles. The van der Waals surface area contributed by atoms with Crippen molar-refractivity contribution in [3.05, 3.63) is 100.0 Å². The number of carbonyl (C=O) groups is 1. The summed E-state index contributed by atoms with van der Waals surface area (Å²) in [5, 5.41) is 0. The van der Waals surface area contributed by atoms with Gasteiger partial charge in [0.25, 0.3) is 5.91 Å². The first-order valence-corrected chi connectivity index (χ1v) is 11.4.